The minimum absolute atomic E-state index is 0.338. The van der Waals surface area contributed by atoms with Gasteiger partial charge < -0.3 is 10.4 Å². The lowest BCUT2D eigenvalue weighted by Crippen LogP contribution is -2.31. The van der Waals surface area contributed by atoms with Crippen molar-refractivity contribution in [1.82, 2.24) is 15.1 Å². The van der Waals surface area contributed by atoms with Gasteiger partial charge in [-0.2, -0.15) is 5.10 Å². The fourth-order valence-electron chi connectivity index (χ4n) is 1.89. The van der Waals surface area contributed by atoms with E-state index in [9.17, 15) is 5.11 Å². The van der Waals surface area contributed by atoms with Crippen molar-refractivity contribution in [2.75, 3.05) is 13.1 Å². The first-order chi connectivity index (χ1) is 8.02. The molecule has 0 aliphatic rings. The van der Waals surface area contributed by atoms with Crippen LogP contribution in [0.4, 0.5) is 0 Å². The molecule has 1 rings (SSSR count). The molecule has 1 atom stereocenters. The molecule has 0 bridgehead atoms. The molecule has 0 amide bonds. The van der Waals surface area contributed by atoms with Crippen molar-refractivity contribution in [1.29, 1.82) is 0 Å². The van der Waals surface area contributed by atoms with E-state index in [1.54, 1.807) is 0 Å². The maximum Gasteiger partial charge on any atom is 0.0719 e. The van der Waals surface area contributed by atoms with E-state index in [0.717, 1.165) is 24.5 Å². The van der Waals surface area contributed by atoms with Crippen LogP contribution in [0.25, 0.3) is 0 Å². The van der Waals surface area contributed by atoms with Crippen LogP contribution in [0.1, 0.15) is 32.2 Å². The number of hydrogen-bond acceptors (Lipinski definition) is 3. The molecule has 1 aromatic rings. The highest BCUT2D eigenvalue weighted by atomic mass is 16.3. The van der Waals surface area contributed by atoms with Gasteiger partial charge in [-0.05, 0) is 32.4 Å². The minimum atomic E-state index is -0.338. The average Bonchev–Trinajstić information content (AvgIpc) is 2.58. The largest absolute Gasteiger partial charge is 0.391 e. The Morgan fingerprint density at radius 2 is 2.12 bits per heavy atom. The molecule has 0 spiro atoms. The second kappa shape index (κ2) is 6.77. The Morgan fingerprint density at radius 3 is 2.71 bits per heavy atom. The molecular weight excluding hydrogens is 214 g/mol. The fraction of sp³-hybridized carbons (Fsp3) is 0.769. The zero-order valence-corrected chi connectivity index (χ0v) is 11.4. The lowest BCUT2D eigenvalue weighted by atomic mass is 10.1. The van der Waals surface area contributed by atoms with Crippen molar-refractivity contribution in [3.8, 4) is 0 Å². The maximum absolute atomic E-state index is 9.94. The SMILES string of the molecule is CCn1nc(C)cc1CC(O)CNCC(C)C. The highest BCUT2D eigenvalue weighted by molar-refractivity contribution is 5.10. The highest BCUT2D eigenvalue weighted by Crippen LogP contribution is 2.06. The number of aromatic nitrogens is 2. The zero-order chi connectivity index (χ0) is 12.8. The van der Waals surface area contributed by atoms with E-state index >= 15 is 0 Å². The van der Waals surface area contributed by atoms with Crippen LogP contribution in [0.3, 0.4) is 0 Å². The molecule has 0 aromatic carbocycles. The highest BCUT2D eigenvalue weighted by Gasteiger charge is 2.10. The summed E-state index contributed by atoms with van der Waals surface area (Å²) >= 11 is 0. The van der Waals surface area contributed by atoms with Crippen LogP contribution in [-0.2, 0) is 13.0 Å². The number of aliphatic hydroxyl groups is 1. The summed E-state index contributed by atoms with van der Waals surface area (Å²) < 4.78 is 1.96. The van der Waals surface area contributed by atoms with Gasteiger partial charge in [0, 0.05) is 25.2 Å². The molecule has 0 aliphatic carbocycles. The molecule has 17 heavy (non-hydrogen) atoms. The monoisotopic (exact) mass is 239 g/mol. The van der Waals surface area contributed by atoms with E-state index in [-0.39, 0.29) is 6.10 Å². The summed E-state index contributed by atoms with van der Waals surface area (Å²) in [5.74, 6) is 0.616. The van der Waals surface area contributed by atoms with Crippen molar-refractivity contribution >= 4 is 0 Å². The molecule has 1 heterocycles. The van der Waals surface area contributed by atoms with Gasteiger partial charge in [0.2, 0.25) is 0 Å². The van der Waals surface area contributed by atoms with Gasteiger partial charge in [0.1, 0.15) is 0 Å². The second-order valence-electron chi connectivity index (χ2n) is 5.00. The normalized spacial score (nSPS) is 13.3. The van der Waals surface area contributed by atoms with E-state index in [1.165, 1.54) is 0 Å². The van der Waals surface area contributed by atoms with Crippen molar-refractivity contribution in [3.05, 3.63) is 17.5 Å². The molecule has 2 N–H and O–H groups in total. The summed E-state index contributed by atoms with van der Waals surface area (Å²) in [6.45, 7) is 10.8. The standard InChI is InChI=1S/C13H25N3O/c1-5-16-12(6-11(4)15-16)7-13(17)9-14-8-10(2)3/h6,10,13-14,17H,5,7-9H2,1-4H3. The van der Waals surface area contributed by atoms with E-state index in [0.29, 0.717) is 18.9 Å². The van der Waals surface area contributed by atoms with E-state index in [1.807, 2.05) is 11.6 Å². The first kappa shape index (κ1) is 14.2. The molecule has 4 heteroatoms. The Balaban J connectivity index is 2.41. The van der Waals surface area contributed by atoms with Gasteiger partial charge in [-0.1, -0.05) is 13.8 Å². The molecular formula is C13H25N3O. The predicted octanol–water partition coefficient (Wildman–Crippen LogP) is 1.36. The van der Waals surface area contributed by atoms with Gasteiger partial charge in [-0.25, -0.2) is 0 Å². The molecule has 0 aliphatic heterocycles. The van der Waals surface area contributed by atoms with E-state index in [2.05, 4.69) is 37.3 Å². The van der Waals surface area contributed by atoms with Crippen LogP contribution in [0.2, 0.25) is 0 Å². The number of aliphatic hydroxyl groups excluding tert-OH is 1. The van der Waals surface area contributed by atoms with Gasteiger partial charge in [-0.3, -0.25) is 4.68 Å². The third kappa shape index (κ3) is 4.88. The lowest BCUT2D eigenvalue weighted by Gasteiger charge is -2.13. The summed E-state index contributed by atoms with van der Waals surface area (Å²) in [6.07, 6.45) is 0.329. The Labute approximate surface area is 104 Å². The van der Waals surface area contributed by atoms with Gasteiger partial charge in [0.05, 0.1) is 11.8 Å². The minimum Gasteiger partial charge on any atom is -0.391 e. The third-order valence-corrected chi connectivity index (χ3v) is 2.66. The van der Waals surface area contributed by atoms with Crippen LogP contribution >= 0.6 is 0 Å². The van der Waals surface area contributed by atoms with Crippen molar-refractivity contribution < 1.29 is 5.11 Å². The van der Waals surface area contributed by atoms with E-state index < -0.39 is 0 Å². The molecule has 98 valence electrons. The average molecular weight is 239 g/mol. The number of nitrogens with zero attached hydrogens (tertiary/aromatic N) is 2. The first-order valence-corrected chi connectivity index (χ1v) is 6.45. The summed E-state index contributed by atoms with van der Waals surface area (Å²) in [7, 11) is 0. The van der Waals surface area contributed by atoms with Gasteiger partial charge in [0.15, 0.2) is 0 Å². The molecule has 0 fully saturated rings. The summed E-state index contributed by atoms with van der Waals surface area (Å²) in [5.41, 5.74) is 2.13. The third-order valence-electron chi connectivity index (χ3n) is 2.66. The van der Waals surface area contributed by atoms with Crippen LogP contribution in [0.15, 0.2) is 6.07 Å². The van der Waals surface area contributed by atoms with E-state index in [4.69, 9.17) is 0 Å². The smallest absolute Gasteiger partial charge is 0.0719 e. The fourth-order valence-corrected chi connectivity index (χ4v) is 1.89. The van der Waals surface area contributed by atoms with Gasteiger partial charge in [-0.15, -0.1) is 0 Å². The van der Waals surface area contributed by atoms with Crippen molar-refractivity contribution in [3.63, 3.8) is 0 Å². The lowest BCUT2D eigenvalue weighted by molar-refractivity contribution is 0.168. The number of aryl methyl sites for hydroxylation is 2. The second-order valence-corrected chi connectivity index (χ2v) is 5.00. The number of hydrogen-bond donors (Lipinski definition) is 2. The Hall–Kier alpha value is -0.870. The van der Waals surface area contributed by atoms with Crippen LogP contribution in [0, 0.1) is 12.8 Å². The first-order valence-electron chi connectivity index (χ1n) is 6.45. The number of nitrogens with one attached hydrogen (secondary N) is 1. The Kier molecular flexibility index (Phi) is 5.65. The predicted molar refractivity (Wildman–Crippen MR) is 70.1 cm³/mol. The molecule has 1 unspecified atom stereocenters. The van der Waals surface area contributed by atoms with Crippen LogP contribution in [0.5, 0.6) is 0 Å². The summed E-state index contributed by atoms with van der Waals surface area (Å²) in [4.78, 5) is 0. The quantitative estimate of drug-likeness (QED) is 0.755. The summed E-state index contributed by atoms with van der Waals surface area (Å²) in [6, 6.07) is 2.05. The Bertz CT molecular complexity index is 333. The molecule has 1 aromatic heterocycles. The summed E-state index contributed by atoms with van der Waals surface area (Å²) in [5, 5.41) is 17.6. The van der Waals surface area contributed by atoms with Gasteiger partial charge >= 0.3 is 0 Å². The zero-order valence-electron chi connectivity index (χ0n) is 11.4. The maximum atomic E-state index is 9.94. The Morgan fingerprint density at radius 1 is 1.41 bits per heavy atom. The van der Waals surface area contributed by atoms with Crippen molar-refractivity contribution in [2.45, 2.75) is 46.8 Å². The van der Waals surface area contributed by atoms with Gasteiger partial charge in [0.25, 0.3) is 0 Å². The molecule has 0 saturated heterocycles. The molecule has 0 saturated carbocycles. The van der Waals surface area contributed by atoms with Crippen LogP contribution in [-0.4, -0.2) is 34.1 Å². The topological polar surface area (TPSA) is 50.1 Å². The molecule has 0 radical (unpaired) electrons. The molecule has 4 nitrogen and oxygen atoms in total. The van der Waals surface area contributed by atoms with Crippen LogP contribution < -0.4 is 5.32 Å². The van der Waals surface area contributed by atoms with Crippen molar-refractivity contribution in [2.24, 2.45) is 5.92 Å². The number of rotatable bonds is 7.